The van der Waals surface area contributed by atoms with E-state index in [1.165, 1.54) is 0 Å². The normalized spacial score (nSPS) is 15.5. The van der Waals surface area contributed by atoms with Gasteiger partial charge in [0.15, 0.2) is 0 Å². The minimum absolute atomic E-state index is 0.0360. The molecule has 0 radical (unpaired) electrons. The molecule has 1 amide bonds. The molecule has 0 bridgehead atoms. The fourth-order valence-corrected chi connectivity index (χ4v) is 3.61. The van der Waals surface area contributed by atoms with Crippen LogP contribution in [-0.2, 0) is 4.79 Å². The zero-order valence-corrected chi connectivity index (χ0v) is 16.7. The molecule has 2 aromatic carbocycles. The van der Waals surface area contributed by atoms with Crippen molar-refractivity contribution in [3.05, 3.63) is 103 Å². The second-order valence-electron chi connectivity index (χ2n) is 7.19. The second kappa shape index (κ2) is 8.23. The first kappa shape index (κ1) is 18.7. The molecule has 0 spiro atoms. The summed E-state index contributed by atoms with van der Waals surface area (Å²) in [5.74, 6) is 0.504. The molecule has 1 unspecified atom stereocenters. The molecule has 0 fully saturated rings. The molecule has 2 aromatic heterocycles. The van der Waals surface area contributed by atoms with E-state index in [4.69, 9.17) is 0 Å². The van der Waals surface area contributed by atoms with Gasteiger partial charge in [-0.25, -0.2) is 9.97 Å². The Morgan fingerprint density at radius 1 is 0.968 bits per heavy atom. The number of nitrogens with zero attached hydrogens (tertiary/aromatic N) is 5. The van der Waals surface area contributed by atoms with Crippen LogP contribution in [0.25, 0.3) is 5.82 Å². The third kappa shape index (κ3) is 3.93. The van der Waals surface area contributed by atoms with Crippen molar-refractivity contribution in [1.82, 2.24) is 14.5 Å². The number of aromatic nitrogens is 3. The van der Waals surface area contributed by atoms with Crippen LogP contribution in [0.2, 0.25) is 0 Å². The Hall–Kier alpha value is -4.26. The number of hydrogen-bond acceptors (Lipinski definition) is 5. The summed E-state index contributed by atoms with van der Waals surface area (Å²) >= 11 is 0. The highest BCUT2D eigenvalue weighted by Gasteiger charge is 2.32. The Kier molecular flexibility index (Phi) is 4.98. The molecule has 0 aliphatic carbocycles. The monoisotopic (exact) mass is 408 g/mol. The number of imidazole rings is 1. The maximum Gasteiger partial charge on any atom is 0.272 e. The molecule has 152 valence electrons. The number of rotatable bonds is 5. The van der Waals surface area contributed by atoms with Crippen molar-refractivity contribution in [2.45, 2.75) is 12.5 Å². The molecule has 3 heterocycles. The molecule has 0 saturated carbocycles. The third-order valence-corrected chi connectivity index (χ3v) is 5.15. The van der Waals surface area contributed by atoms with E-state index in [2.05, 4.69) is 32.5 Å². The van der Waals surface area contributed by atoms with Crippen LogP contribution >= 0.6 is 0 Å². The fourth-order valence-electron chi connectivity index (χ4n) is 3.61. The summed E-state index contributed by atoms with van der Waals surface area (Å²) in [6, 6.07) is 23.6. The molecule has 7 heteroatoms. The Balaban J connectivity index is 1.37. The number of carbonyl (C=O) groups is 1. The first-order valence-corrected chi connectivity index (χ1v) is 10.0. The van der Waals surface area contributed by atoms with Crippen LogP contribution in [-0.4, -0.2) is 26.2 Å². The summed E-state index contributed by atoms with van der Waals surface area (Å²) in [5.41, 5.74) is 3.16. The van der Waals surface area contributed by atoms with Crippen LogP contribution in [0.15, 0.2) is 103 Å². The largest absolute Gasteiger partial charge is 0.319 e. The van der Waals surface area contributed by atoms with Crippen LogP contribution in [0, 0.1) is 0 Å². The summed E-state index contributed by atoms with van der Waals surface area (Å²) in [5, 5.41) is 9.51. The standard InChI is InChI=1S/C24H20N6O/c31-24(27-19-11-12-23(26-16-19)29-14-13-25-17-29)21-15-22(18-7-3-1-4-8-18)30(28-21)20-9-5-2-6-10-20/h1-14,16-17,22H,15H2,(H,27,31). The molecule has 1 aliphatic heterocycles. The van der Waals surface area contributed by atoms with Gasteiger partial charge in [-0.1, -0.05) is 48.5 Å². The van der Waals surface area contributed by atoms with Gasteiger partial charge in [0, 0.05) is 18.8 Å². The van der Waals surface area contributed by atoms with Gasteiger partial charge in [-0.3, -0.25) is 14.4 Å². The maximum absolute atomic E-state index is 13.0. The number of para-hydroxylation sites is 1. The minimum atomic E-state index is -0.225. The Morgan fingerprint density at radius 3 is 2.42 bits per heavy atom. The van der Waals surface area contributed by atoms with E-state index < -0.39 is 0 Å². The first-order valence-electron chi connectivity index (χ1n) is 10.0. The molecule has 1 aliphatic rings. The molecular weight excluding hydrogens is 388 g/mol. The van der Waals surface area contributed by atoms with Crippen molar-refractivity contribution in [1.29, 1.82) is 0 Å². The second-order valence-corrected chi connectivity index (χ2v) is 7.19. The van der Waals surface area contributed by atoms with Crippen LogP contribution in [0.4, 0.5) is 11.4 Å². The topological polar surface area (TPSA) is 75.4 Å². The van der Waals surface area contributed by atoms with Gasteiger partial charge in [0.25, 0.3) is 5.91 Å². The van der Waals surface area contributed by atoms with Gasteiger partial charge in [-0.2, -0.15) is 5.10 Å². The van der Waals surface area contributed by atoms with E-state index in [0.29, 0.717) is 17.8 Å². The number of amides is 1. The Morgan fingerprint density at radius 2 is 1.74 bits per heavy atom. The number of hydrazone groups is 1. The smallest absolute Gasteiger partial charge is 0.272 e. The zero-order chi connectivity index (χ0) is 21.0. The highest BCUT2D eigenvalue weighted by Crippen LogP contribution is 2.35. The lowest BCUT2D eigenvalue weighted by molar-refractivity contribution is -0.110. The Labute approximate surface area is 179 Å². The van der Waals surface area contributed by atoms with Crippen LogP contribution in [0.3, 0.4) is 0 Å². The van der Waals surface area contributed by atoms with Gasteiger partial charge in [0.1, 0.15) is 17.9 Å². The first-order chi connectivity index (χ1) is 15.3. The minimum Gasteiger partial charge on any atom is -0.319 e. The summed E-state index contributed by atoms with van der Waals surface area (Å²) < 4.78 is 1.80. The van der Waals surface area contributed by atoms with E-state index in [-0.39, 0.29) is 11.9 Å². The van der Waals surface area contributed by atoms with Crippen LogP contribution < -0.4 is 10.3 Å². The molecule has 0 saturated heterocycles. The molecule has 31 heavy (non-hydrogen) atoms. The van der Waals surface area contributed by atoms with E-state index in [0.717, 1.165) is 17.1 Å². The molecule has 1 atom stereocenters. The van der Waals surface area contributed by atoms with Crippen molar-refractivity contribution in [3.63, 3.8) is 0 Å². The average molecular weight is 408 g/mol. The quantitative estimate of drug-likeness (QED) is 0.537. The summed E-state index contributed by atoms with van der Waals surface area (Å²) in [6.45, 7) is 0. The summed E-state index contributed by atoms with van der Waals surface area (Å²) in [4.78, 5) is 21.4. The van der Waals surface area contributed by atoms with Crippen LogP contribution in [0.1, 0.15) is 18.0 Å². The number of benzene rings is 2. The van der Waals surface area contributed by atoms with E-state index in [9.17, 15) is 4.79 Å². The molecule has 5 rings (SSSR count). The number of hydrogen-bond donors (Lipinski definition) is 1. The molecule has 1 N–H and O–H groups in total. The van der Waals surface area contributed by atoms with Crippen molar-refractivity contribution in [2.24, 2.45) is 5.10 Å². The van der Waals surface area contributed by atoms with E-state index in [1.807, 2.05) is 71.9 Å². The number of anilines is 2. The van der Waals surface area contributed by atoms with E-state index >= 15 is 0 Å². The van der Waals surface area contributed by atoms with Gasteiger partial charge < -0.3 is 5.32 Å². The lowest BCUT2D eigenvalue weighted by Crippen LogP contribution is -2.22. The number of pyridine rings is 1. The van der Waals surface area contributed by atoms with Gasteiger partial charge in [-0.05, 0) is 29.8 Å². The SMILES string of the molecule is O=C(Nc1ccc(-n2ccnc2)nc1)C1=NN(c2ccccc2)C(c2ccccc2)C1. The molecule has 7 nitrogen and oxygen atoms in total. The zero-order valence-electron chi connectivity index (χ0n) is 16.7. The lowest BCUT2D eigenvalue weighted by Gasteiger charge is -2.23. The van der Waals surface area contributed by atoms with Crippen LogP contribution in [0.5, 0.6) is 0 Å². The number of carbonyl (C=O) groups excluding carboxylic acids is 1. The third-order valence-electron chi connectivity index (χ3n) is 5.15. The maximum atomic E-state index is 13.0. The van der Waals surface area contributed by atoms with E-state index in [1.54, 1.807) is 23.3 Å². The number of nitrogens with one attached hydrogen (secondary N) is 1. The van der Waals surface area contributed by atoms with Crippen molar-refractivity contribution in [3.8, 4) is 5.82 Å². The predicted octanol–water partition coefficient (Wildman–Crippen LogP) is 4.21. The molecule has 4 aromatic rings. The Bertz CT molecular complexity index is 1190. The average Bonchev–Trinajstić information content (AvgIpc) is 3.52. The van der Waals surface area contributed by atoms with Crippen molar-refractivity contribution in [2.75, 3.05) is 10.3 Å². The highest BCUT2D eigenvalue weighted by molar-refractivity contribution is 6.43. The summed E-state index contributed by atoms with van der Waals surface area (Å²) in [6.07, 6.45) is 7.33. The van der Waals surface area contributed by atoms with Gasteiger partial charge >= 0.3 is 0 Å². The molecular formula is C24H20N6O. The van der Waals surface area contributed by atoms with Crippen molar-refractivity contribution >= 4 is 23.0 Å². The van der Waals surface area contributed by atoms with Gasteiger partial charge in [-0.15, -0.1) is 0 Å². The lowest BCUT2D eigenvalue weighted by atomic mass is 10.0. The van der Waals surface area contributed by atoms with Gasteiger partial charge in [0.05, 0.1) is 23.6 Å². The highest BCUT2D eigenvalue weighted by atomic mass is 16.2. The summed E-state index contributed by atoms with van der Waals surface area (Å²) in [7, 11) is 0. The predicted molar refractivity (Wildman–Crippen MR) is 120 cm³/mol. The fraction of sp³-hybridized carbons (Fsp3) is 0.0833. The van der Waals surface area contributed by atoms with Crippen molar-refractivity contribution < 1.29 is 4.79 Å². The van der Waals surface area contributed by atoms with Gasteiger partial charge in [0.2, 0.25) is 0 Å².